The number of carbonyl (C=O) groups excluding carboxylic acids is 1. The van der Waals surface area contributed by atoms with E-state index in [4.69, 9.17) is 16.4 Å². The van der Waals surface area contributed by atoms with Crippen molar-refractivity contribution in [2.24, 2.45) is 10.8 Å². The molecule has 1 aromatic carbocycles. The Balaban J connectivity index is 1.77. The van der Waals surface area contributed by atoms with Crippen LogP contribution in [0.1, 0.15) is 20.8 Å². The molecule has 126 valence electrons. The maximum Gasteiger partial charge on any atom is 0.264 e. The number of nitrogens with two attached hydrogens (primary N) is 1. The van der Waals surface area contributed by atoms with Crippen molar-refractivity contribution in [1.29, 1.82) is 10.7 Å². The van der Waals surface area contributed by atoms with Crippen molar-refractivity contribution in [3.05, 3.63) is 51.7 Å². The molecule has 4 N–H and O–H groups in total. The molecule has 0 aliphatic carbocycles. The Hall–Kier alpha value is -3.18. The van der Waals surface area contributed by atoms with Crippen molar-refractivity contribution in [2.45, 2.75) is 13.0 Å². The second kappa shape index (κ2) is 7.15. The zero-order chi connectivity index (χ0) is 17.8. The molecule has 1 aliphatic rings. The molecule has 2 aromatic rings. The number of hydrogen-bond donors (Lipinski definition) is 3. The van der Waals surface area contributed by atoms with E-state index in [1.807, 2.05) is 40.6 Å². The van der Waals surface area contributed by atoms with Gasteiger partial charge in [0.25, 0.3) is 5.91 Å². The Morgan fingerprint density at radius 2 is 2.24 bits per heavy atom. The van der Waals surface area contributed by atoms with Crippen LogP contribution in [0.4, 0.5) is 5.69 Å². The van der Waals surface area contributed by atoms with Crippen LogP contribution in [0.3, 0.4) is 0 Å². The zero-order valence-corrected chi connectivity index (χ0v) is 14.1. The second-order valence-electron chi connectivity index (χ2n) is 5.54. The van der Waals surface area contributed by atoms with Crippen LogP contribution in [-0.4, -0.2) is 28.9 Å². The van der Waals surface area contributed by atoms with Crippen molar-refractivity contribution in [3.63, 3.8) is 0 Å². The number of nitrogens with one attached hydrogen (secondary N) is 2. The first kappa shape index (κ1) is 16.7. The molecule has 1 aliphatic heterocycles. The number of hydrogen-bond acceptors (Lipinski definition) is 6. The van der Waals surface area contributed by atoms with Gasteiger partial charge in [0.05, 0.1) is 10.6 Å². The maximum atomic E-state index is 12.5. The molecule has 0 fully saturated rings. The molecule has 7 nitrogen and oxygen atoms in total. The molecule has 0 saturated carbocycles. The quantitative estimate of drug-likeness (QED) is 0.444. The van der Waals surface area contributed by atoms with Crippen LogP contribution >= 0.6 is 11.3 Å². The summed E-state index contributed by atoms with van der Waals surface area (Å²) >= 11 is 1.44. The van der Waals surface area contributed by atoms with Gasteiger partial charge in [-0.3, -0.25) is 15.6 Å². The van der Waals surface area contributed by atoms with Crippen LogP contribution in [0.25, 0.3) is 0 Å². The van der Waals surface area contributed by atoms with Gasteiger partial charge in [-0.05, 0) is 41.1 Å². The molecule has 0 atom stereocenters. The highest BCUT2D eigenvalue weighted by atomic mass is 32.1. The van der Waals surface area contributed by atoms with Crippen LogP contribution in [0, 0.1) is 16.7 Å². The van der Waals surface area contributed by atoms with Gasteiger partial charge in [-0.15, -0.1) is 11.3 Å². The summed E-state index contributed by atoms with van der Waals surface area (Å²) in [5.74, 6) is -0.346. The number of benzene rings is 1. The number of hydrazone groups is 1. The smallest absolute Gasteiger partial charge is 0.264 e. The van der Waals surface area contributed by atoms with E-state index in [0.717, 1.165) is 16.9 Å². The summed E-state index contributed by atoms with van der Waals surface area (Å²) in [7, 11) is 0. The Labute approximate surface area is 148 Å². The molecule has 3 rings (SSSR count). The van der Waals surface area contributed by atoms with E-state index in [0.29, 0.717) is 18.8 Å². The Morgan fingerprint density at radius 1 is 1.40 bits per heavy atom. The summed E-state index contributed by atoms with van der Waals surface area (Å²) in [6, 6.07) is 11.2. The second-order valence-corrected chi connectivity index (χ2v) is 6.48. The lowest BCUT2D eigenvalue weighted by Gasteiger charge is -2.29. The van der Waals surface area contributed by atoms with Crippen molar-refractivity contribution in [1.82, 2.24) is 4.90 Å². The minimum Gasteiger partial charge on any atom is -0.382 e. The lowest BCUT2D eigenvalue weighted by Crippen LogP contribution is -2.35. The minimum absolute atomic E-state index is 0.0420. The molecule has 1 aromatic heterocycles. The summed E-state index contributed by atoms with van der Waals surface area (Å²) in [6.45, 7) is 1.22. The van der Waals surface area contributed by atoms with Gasteiger partial charge in [-0.1, -0.05) is 12.1 Å². The van der Waals surface area contributed by atoms with Crippen LogP contribution in [0.5, 0.6) is 0 Å². The Morgan fingerprint density at radius 3 is 2.92 bits per heavy atom. The number of rotatable bonds is 4. The number of amidine groups is 1. The first-order valence-electron chi connectivity index (χ1n) is 7.61. The predicted molar refractivity (Wildman–Crippen MR) is 97.8 cm³/mol. The van der Waals surface area contributed by atoms with Gasteiger partial charge in [0.1, 0.15) is 6.07 Å². The topological polar surface area (TPSA) is 118 Å². The lowest BCUT2D eigenvalue weighted by molar-refractivity contribution is 0.0739. The number of nitrogens with zero attached hydrogens (tertiary/aromatic N) is 3. The fourth-order valence-electron chi connectivity index (χ4n) is 2.62. The van der Waals surface area contributed by atoms with Gasteiger partial charge in [0, 0.05) is 13.1 Å². The van der Waals surface area contributed by atoms with Gasteiger partial charge in [0.2, 0.25) is 5.71 Å². The van der Waals surface area contributed by atoms with Crippen LogP contribution < -0.4 is 11.2 Å². The molecule has 8 heteroatoms. The van der Waals surface area contributed by atoms with Crippen molar-refractivity contribution >= 4 is 34.5 Å². The third-order valence-corrected chi connectivity index (χ3v) is 4.75. The van der Waals surface area contributed by atoms with Gasteiger partial charge < -0.3 is 10.6 Å². The average Bonchev–Trinajstić information content (AvgIpc) is 3.15. The molecule has 25 heavy (non-hydrogen) atoms. The number of fused-ring (bicyclic) bond motifs is 1. The fourth-order valence-corrected chi connectivity index (χ4v) is 3.31. The molecule has 0 spiro atoms. The van der Waals surface area contributed by atoms with E-state index in [-0.39, 0.29) is 17.5 Å². The van der Waals surface area contributed by atoms with E-state index in [1.54, 1.807) is 6.07 Å². The monoisotopic (exact) mass is 352 g/mol. The molecule has 2 heterocycles. The zero-order valence-electron chi connectivity index (χ0n) is 13.3. The highest BCUT2D eigenvalue weighted by Gasteiger charge is 2.22. The third-order valence-electron chi connectivity index (χ3n) is 3.90. The average molecular weight is 352 g/mol. The Bertz CT molecular complexity index is 881. The molecular weight excluding hydrogens is 336 g/mol. The van der Waals surface area contributed by atoms with Crippen molar-refractivity contribution < 1.29 is 4.79 Å². The third kappa shape index (κ3) is 3.67. The predicted octanol–water partition coefficient (Wildman–Crippen LogP) is 2.17. The largest absolute Gasteiger partial charge is 0.382 e. The van der Waals surface area contributed by atoms with E-state index < -0.39 is 0 Å². The number of anilines is 1. The highest BCUT2D eigenvalue weighted by Crippen LogP contribution is 2.24. The maximum absolute atomic E-state index is 12.5. The number of nitriles is 1. The molecule has 0 saturated heterocycles. The van der Waals surface area contributed by atoms with E-state index >= 15 is 0 Å². The molecule has 0 unspecified atom stereocenters. The fraction of sp³-hybridized carbons (Fsp3) is 0.176. The van der Waals surface area contributed by atoms with Crippen molar-refractivity contribution in [3.8, 4) is 6.07 Å². The number of thiophene rings is 1. The summed E-state index contributed by atoms with van der Waals surface area (Å²) in [4.78, 5) is 15.1. The van der Waals surface area contributed by atoms with Gasteiger partial charge in [-0.25, -0.2) is 0 Å². The van der Waals surface area contributed by atoms with Crippen molar-refractivity contribution in [2.75, 3.05) is 12.0 Å². The van der Waals surface area contributed by atoms with Gasteiger partial charge in [0.15, 0.2) is 5.84 Å². The summed E-state index contributed by atoms with van der Waals surface area (Å²) in [5.41, 5.74) is 10.7. The minimum atomic E-state index is -0.388. The van der Waals surface area contributed by atoms with Crippen LogP contribution in [0.15, 0.2) is 40.8 Å². The van der Waals surface area contributed by atoms with E-state index in [1.165, 1.54) is 16.9 Å². The molecule has 1 amide bonds. The van der Waals surface area contributed by atoms with Crippen LogP contribution in [0.2, 0.25) is 0 Å². The molecule has 0 bridgehead atoms. The summed E-state index contributed by atoms with van der Waals surface area (Å²) in [5, 5.41) is 21.8. The van der Waals surface area contributed by atoms with E-state index in [2.05, 4.69) is 10.5 Å². The normalized spacial score (nSPS) is 13.7. The highest BCUT2D eigenvalue weighted by molar-refractivity contribution is 7.12. The standard InChI is InChI=1S/C17H16N6OS/c18-9-14(16(19)20)22-21-13-4-3-11-5-6-23(10-12(11)8-13)17(24)15-2-1-7-25-15/h1-4,7-8,21H,5-6,10H2,(H3,19,20)/b22-14+. The lowest BCUT2D eigenvalue weighted by atomic mass is 9.99. The number of carbonyl (C=O) groups is 1. The molecule has 0 radical (unpaired) electrons. The first-order chi connectivity index (χ1) is 12.1. The van der Waals surface area contributed by atoms with E-state index in [9.17, 15) is 4.79 Å². The summed E-state index contributed by atoms with van der Waals surface area (Å²) in [6.07, 6.45) is 0.798. The SMILES string of the molecule is N#C/C(=N\Nc1ccc2c(c1)CN(C(=O)c1cccs1)CC2)C(=N)N. The molecular formula is C17H16N6OS. The van der Waals surface area contributed by atoms with Crippen LogP contribution in [-0.2, 0) is 13.0 Å². The number of amides is 1. The Kier molecular flexibility index (Phi) is 4.77. The first-order valence-corrected chi connectivity index (χ1v) is 8.49. The summed E-state index contributed by atoms with van der Waals surface area (Å²) < 4.78 is 0. The van der Waals surface area contributed by atoms with Gasteiger partial charge in [-0.2, -0.15) is 10.4 Å². The van der Waals surface area contributed by atoms with Gasteiger partial charge >= 0.3 is 0 Å².